The van der Waals surface area contributed by atoms with Crippen LogP contribution in [-0.2, 0) is 87.4 Å². The molecule has 0 aromatic heterocycles. The van der Waals surface area contributed by atoms with Gasteiger partial charge in [-0.3, -0.25) is 19.2 Å². The van der Waals surface area contributed by atoms with E-state index in [0.717, 1.165) is 13.8 Å². The molecule has 6 fully saturated rings. The smallest absolute Gasteiger partial charge is 0.338 e. The molecule has 42 heteroatoms. The molecule has 3 aromatic carbocycles. The van der Waals surface area contributed by atoms with Gasteiger partial charge >= 0.3 is 5.97 Å². The fourth-order valence-corrected chi connectivity index (χ4v) is 13.1. The fraction of sp³-hybridized carbons (Fsp3) is 0.671. The maximum Gasteiger partial charge on any atom is 0.338 e. The second kappa shape index (κ2) is 42.3. The molecule has 0 unspecified atom stereocenters. The summed E-state index contributed by atoms with van der Waals surface area (Å²) in [6.07, 6.45) is -48.7. The quantitative estimate of drug-likeness (QED) is 0.0190. The maximum absolute atomic E-state index is 13.6. The van der Waals surface area contributed by atoms with E-state index in [-0.39, 0.29) is 62.8 Å². The van der Waals surface area contributed by atoms with Crippen LogP contribution in [0.3, 0.4) is 0 Å². The highest BCUT2D eigenvalue weighted by atomic mass is 16.8. The number of rotatable bonds is 36. The molecule has 0 radical (unpaired) electrons. The van der Waals surface area contributed by atoms with Gasteiger partial charge in [0.25, 0.3) is 11.8 Å². The largest absolute Gasteiger partial charge is 0.484 e. The van der Waals surface area contributed by atoms with Gasteiger partial charge in [0.15, 0.2) is 51.0 Å². The molecule has 3 aromatic rings. The average Bonchev–Trinajstić information content (AvgIpc) is 0.782. The van der Waals surface area contributed by atoms with Crippen molar-refractivity contribution < 1.29 is 187 Å². The van der Waals surface area contributed by atoms with Crippen molar-refractivity contribution in [1.82, 2.24) is 21.3 Å². The second-order valence-corrected chi connectivity index (χ2v) is 27.2. The molecule has 6 heterocycles. The SMILES string of the molecule is CC(=O)N[C@H]1[C@H](OCCCNC(=O)COc2ccc(-c3cc(OCC(=O)NCCCO[C@@H]4O[C@H](CO)[C@@H](O[C@@H]5O[C@H](CO)[C@H](O)[C@H](O[C@H]6O[C@H](CO)[C@H](O)[C@H](O)[C@H]6O)[C@H]5O)[C@H](O)[C@H]4NC(C)=O)cc(C(=O)OCc4ccccc4)c3)cc2)O[C@H](CO)[C@@H](O[C@@H]2O[C@H](CO)[C@H](O)[C@H](O[C@H]3O[C@H](CO)[C@H](O)[C@H](O)[C@H]3O)[C@H]2O)[C@@H]1O. The van der Waals surface area contributed by atoms with Crippen molar-refractivity contribution in [2.24, 2.45) is 0 Å². The Morgan fingerprint density at radius 2 is 0.768 bits per heavy atom. The predicted molar refractivity (Wildman–Crippen MR) is 367 cm³/mol. The Morgan fingerprint density at radius 1 is 0.384 bits per heavy atom. The minimum atomic E-state index is -2.03. The molecule has 42 nitrogen and oxygen atoms in total. The Balaban J connectivity index is 0.739. The minimum absolute atomic E-state index is 0.0162. The third kappa shape index (κ3) is 22.7. The van der Waals surface area contributed by atoms with E-state index in [2.05, 4.69) is 21.3 Å². The number of nitrogens with one attached hydrogen (secondary N) is 4. The predicted octanol–water partition coefficient (Wildman–Crippen LogP) is -10.3. The van der Waals surface area contributed by atoms with Gasteiger partial charge in [0.2, 0.25) is 11.8 Å². The molecule has 0 aliphatic carbocycles. The number of hydrogen-bond donors (Lipinski definition) is 22. The molecule has 30 atom stereocenters. The Morgan fingerprint density at radius 3 is 1.18 bits per heavy atom. The van der Waals surface area contributed by atoms with E-state index in [1.807, 2.05) is 0 Å². The number of benzene rings is 3. The fourth-order valence-electron chi connectivity index (χ4n) is 13.1. The van der Waals surface area contributed by atoms with Crippen molar-refractivity contribution in [2.45, 2.75) is 217 Å². The van der Waals surface area contributed by atoms with E-state index in [0.29, 0.717) is 16.7 Å². The van der Waals surface area contributed by atoms with Crippen LogP contribution in [0.25, 0.3) is 11.1 Å². The van der Waals surface area contributed by atoms with Crippen LogP contribution in [0.15, 0.2) is 72.8 Å². The van der Waals surface area contributed by atoms with Crippen molar-refractivity contribution in [1.29, 1.82) is 0 Å². The molecule has 628 valence electrons. The zero-order valence-corrected chi connectivity index (χ0v) is 60.6. The van der Waals surface area contributed by atoms with Crippen molar-refractivity contribution in [3.63, 3.8) is 0 Å². The highest BCUT2D eigenvalue weighted by molar-refractivity contribution is 5.92. The van der Waals surface area contributed by atoms with E-state index in [1.54, 1.807) is 66.7 Å². The first-order valence-corrected chi connectivity index (χ1v) is 36.0. The van der Waals surface area contributed by atoms with Crippen LogP contribution in [0, 0.1) is 0 Å². The van der Waals surface area contributed by atoms with Crippen molar-refractivity contribution in [3.05, 3.63) is 83.9 Å². The van der Waals surface area contributed by atoms with E-state index in [9.17, 15) is 116 Å². The van der Waals surface area contributed by atoms with Gasteiger partial charge in [-0.05, 0) is 59.9 Å². The Bertz CT molecular complexity index is 3430. The van der Waals surface area contributed by atoms with Crippen LogP contribution in [-0.4, -0.2) is 385 Å². The van der Waals surface area contributed by atoms with Gasteiger partial charge in [0.05, 0.1) is 58.4 Å². The lowest BCUT2D eigenvalue weighted by atomic mass is 9.95. The first-order valence-electron chi connectivity index (χ1n) is 36.0. The monoisotopic (exact) mass is 1600 g/mol. The van der Waals surface area contributed by atoms with E-state index >= 15 is 0 Å². The maximum atomic E-state index is 13.6. The average molecular weight is 1610 g/mol. The van der Waals surface area contributed by atoms with Crippen LogP contribution < -0.4 is 30.7 Å². The van der Waals surface area contributed by atoms with Crippen LogP contribution in [0.2, 0.25) is 0 Å². The summed E-state index contributed by atoms with van der Waals surface area (Å²) in [6.45, 7) is -4.36. The minimum Gasteiger partial charge on any atom is -0.484 e. The molecule has 0 bridgehead atoms. The van der Waals surface area contributed by atoms with E-state index < -0.39 is 267 Å². The number of carbonyl (C=O) groups is 5. The van der Waals surface area contributed by atoms with Crippen molar-refractivity contribution in [2.75, 3.05) is 79.2 Å². The Labute approximate surface area is 638 Å². The molecule has 6 saturated heterocycles. The molecular formula is C70H100N4O38. The molecule has 4 amide bonds. The van der Waals surface area contributed by atoms with Gasteiger partial charge in [0, 0.05) is 26.9 Å². The topological polar surface area (TPSA) is 636 Å². The van der Waals surface area contributed by atoms with Gasteiger partial charge in [-0.25, -0.2) is 4.79 Å². The molecular weight excluding hydrogens is 1500 g/mol. The lowest BCUT2D eigenvalue weighted by Crippen LogP contribution is -2.68. The molecule has 9 rings (SSSR count). The van der Waals surface area contributed by atoms with Gasteiger partial charge in [-0.1, -0.05) is 42.5 Å². The lowest BCUT2D eigenvalue weighted by molar-refractivity contribution is -0.376. The van der Waals surface area contributed by atoms with Crippen molar-refractivity contribution >= 4 is 29.6 Å². The third-order valence-electron chi connectivity index (χ3n) is 19.1. The number of esters is 1. The standard InChI is InChI=1S/C70H100N4O38/c1-30(81)73-46-52(89)60(109-69-58(95)62(50(87)40(23-77)105-69)111-67-56(93)54(91)48(85)38(21-75)103-67)42(25-79)107-65(46)98-16-6-14-71-44(83)28-100-36-12-10-33(11-13-36)34-18-35(64(97)102-27-32-8-4-3-5-9-32)20-37(19-34)101-29-45(84)72-15-7-17-99-66-47(74-31(2)82)53(90)61(43(26-80)108-66)110-70-59(96)63(51(88)41(24-78)106-70)112-68-57(94)55(92)49(86)39(22-76)104-68/h3-5,8-13,18-20,38-43,46-63,65-70,75-80,85-96H,6-7,14-17,21-29H2,1-2H3,(H,71,83)(H,72,84)(H,73,81)(H,74,82)/t38-,39-,40-,41-,42-,43-,46-,47-,48+,49+,50+,51+,52-,53-,54+,55+,56-,57-,58-,59-,60-,61-,62+,63+,65-,66-,67-,68-,69+,70+/m1/s1. The van der Waals surface area contributed by atoms with E-state index in [4.69, 9.17) is 71.1 Å². The molecule has 0 saturated carbocycles. The number of carbonyl (C=O) groups excluding carboxylic acids is 5. The molecule has 22 N–H and O–H groups in total. The summed E-state index contributed by atoms with van der Waals surface area (Å²) in [7, 11) is 0. The normalized spacial score (nSPS) is 36.2. The van der Waals surface area contributed by atoms with Gasteiger partial charge in [0.1, 0.15) is 164 Å². The van der Waals surface area contributed by atoms with Crippen LogP contribution in [0.4, 0.5) is 0 Å². The number of hydrogen-bond acceptors (Lipinski definition) is 38. The Kier molecular flexibility index (Phi) is 33.8. The number of amides is 4. The molecule has 112 heavy (non-hydrogen) atoms. The second-order valence-electron chi connectivity index (χ2n) is 27.2. The lowest BCUT2D eigenvalue weighted by Gasteiger charge is -2.48. The first kappa shape index (κ1) is 89.3. The molecule has 6 aliphatic rings. The third-order valence-corrected chi connectivity index (χ3v) is 19.1. The summed E-state index contributed by atoms with van der Waals surface area (Å²) in [4.78, 5) is 64.7. The van der Waals surface area contributed by atoms with E-state index in [1.165, 1.54) is 6.07 Å². The Hall–Kier alpha value is -6.59. The number of aliphatic hydroxyl groups excluding tert-OH is 18. The summed E-state index contributed by atoms with van der Waals surface area (Å²) in [6, 6.07) is 16.9. The number of ether oxygens (including phenoxy) is 15. The zero-order chi connectivity index (χ0) is 81.2. The highest BCUT2D eigenvalue weighted by Crippen LogP contribution is 2.37. The van der Waals surface area contributed by atoms with Crippen molar-refractivity contribution in [3.8, 4) is 22.6 Å². The summed E-state index contributed by atoms with van der Waals surface area (Å²) in [5, 5.41) is 201. The zero-order valence-electron chi connectivity index (χ0n) is 60.6. The van der Waals surface area contributed by atoms with Gasteiger partial charge in [-0.15, -0.1) is 0 Å². The molecule has 6 aliphatic heterocycles. The summed E-state index contributed by atoms with van der Waals surface area (Å²) in [5.41, 5.74) is 1.74. The summed E-state index contributed by atoms with van der Waals surface area (Å²) < 4.78 is 85.9. The van der Waals surface area contributed by atoms with Gasteiger partial charge in [-0.2, -0.15) is 0 Å². The summed E-state index contributed by atoms with van der Waals surface area (Å²) >= 11 is 0. The summed E-state index contributed by atoms with van der Waals surface area (Å²) in [5.74, 6) is -2.89. The van der Waals surface area contributed by atoms with Crippen LogP contribution in [0.5, 0.6) is 11.5 Å². The number of aliphatic hydroxyl groups is 18. The molecule has 0 spiro atoms. The van der Waals surface area contributed by atoms with Crippen LogP contribution in [0.1, 0.15) is 42.6 Å². The van der Waals surface area contributed by atoms with Gasteiger partial charge < -0.3 is 184 Å². The van der Waals surface area contributed by atoms with Crippen LogP contribution >= 0.6 is 0 Å². The highest BCUT2D eigenvalue weighted by Gasteiger charge is 2.57. The first-order chi connectivity index (χ1) is 53.6.